The van der Waals surface area contributed by atoms with Crippen molar-refractivity contribution in [1.29, 1.82) is 0 Å². The van der Waals surface area contributed by atoms with Gasteiger partial charge < -0.3 is 19.7 Å². The Balaban J connectivity index is 1.51. The predicted molar refractivity (Wildman–Crippen MR) is 93.9 cm³/mol. The first-order valence-corrected chi connectivity index (χ1v) is 8.33. The molecule has 1 aliphatic rings. The molecule has 7 nitrogen and oxygen atoms in total. The SMILES string of the molecule is COc1ccccc1OCC(=O)N[C@@H]1CCCN(c2ncccn2)C1. The summed E-state index contributed by atoms with van der Waals surface area (Å²) >= 11 is 0. The van der Waals surface area contributed by atoms with E-state index < -0.39 is 0 Å². The predicted octanol–water partition coefficient (Wildman–Crippen LogP) is 1.65. The minimum atomic E-state index is -0.147. The van der Waals surface area contributed by atoms with Gasteiger partial charge in [-0.25, -0.2) is 9.97 Å². The van der Waals surface area contributed by atoms with Crippen LogP contribution in [0, 0.1) is 0 Å². The van der Waals surface area contributed by atoms with E-state index >= 15 is 0 Å². The number of carbonyl (C=O) groups excluding carboxylic acids is 1. The second kappa shape index (κ2) is 8.32. The van der Waals surface area contributed by atoms with E-state index in [-0.39, 0.29) is 18.6 Å². The summed E-state index contributed by atoms with van der Waals surface area (Å²) in [7, 11) is 1.57. The summed E-state index contributed by atoms with van der Waals surface area (Å²) in [5.74, 6) is 1.72. The fourth-order valence-electron chi connectivity index (χ4n) is 2.88. The van der Waals surface area contributed by atoms with Crippen molar-refractivity contribution in [1.82, 2.24) is 15.3 Å². The van der Waals surface area contributed by atoms with E-state index in [2.05, 4.69) is 20.2 Å². The molecular formula is C18H22N4O3. The summed E-state index contributed by atoms with van der Waals surface area (Å²) in [5, 5.41) is 3.02. The number of rotatable bonds is 6. The van der Waals surface area contributed by atoms with Crippen molar-refractivity contribution in [2.75, 3.05) is 31.7 Å². The molecule has 2 heterocycles. The zero-order valence-electron chi connectivity index (χ0n) is 14.2. The quantitative estimate of drug-likeness (QED) is 0.860. The molecule has 1 N–H and O–H groups in total. The lowest BCUT2D eigenvalue weighted by molar-refractivity contribution is -0.123. The van der Waals surface area contributed by atoms with Crippen LogP contribution in [0.3, 0.4) is 0 Å². The van der Waals surface area contributed by atoms with E-state index in [1.165, 1.54) is 0 Å². The maximum absolute atomic E-state index is 12.2. The molecule has 1 amide bonds. The lowest BCUT2D eigenvalue weighted by atomic mass is 10.1. The number of nitrogens with zero attached hydrogens (tertiary/aromatic N) is 3. The van der Waals surface area contributed by atoms with Crippen LogP contribution < -0.4 is 19.7 Å². The molecule has 132 valence electrons. The van der Waals surface area contributed by atoms with Gasteiger partial charge in [0.1, 0.15) is 0 Å². The van der Waals surface area contributed by atoms with Gasteiger partial charge in [0.2, 0.25) is 5.95 Å². The zero-order valence-corrected chi connectivity index (χ0v) is 14.2. The van der Waals surface area contributed by atoms with E-state index in [1.807, 2.05) is 12.1 Å². The second-order valence-corrected chi connectivity index (χ2v) is 5.84. The van der Waals surface area contributed by atoms with Crippen LogP contribution >= 0.6 is 0 Å². The van der Waals surface area contributed by atoms with Crippen LogP contribution in [0.4, 0.5) is 5.95 Å². The minimum Gasteiger partial charge on any atom is -0.493 e. The Morgan fingerprint density at radius 2 is 2.00 bits per heavy atom. The van der Waals surface area contributed by atoms with Crippen molar-refractivity contribution in [2.24, 2.45) is 0 Å². The van der Waals surface area contributed by atoms with Gasteiger partial charge in [0.25, 0.3) is 5.91 Å². The molecule has 25 heavy (non-hydrogen) atoms. The molecule has 0 radical (unpaired) electrons. The van der Waals surface area contributed by atoms with Crippen molar-refractivity contribution in [3.05, 3.63) is 42.7 Å². The number of hydrogen-bond acceptors (Lipinski definition) is 6. The molecule has 1 aliphatic heterocycles. The monoisotopic (exact) mass is 342 g/mol. The van der Waals surface area contributed by atoms with Crippen LogP contribution in [-0.2, 0) is 4.79 Å². The number of ether oxygens (including phenoxy) is 2. The highest BCUT2D eigenvalue weighted by atomic mass is 16.5. The van der Waals surface area contributed by atoms with Crippen molar-refractivity contribution in [2.45, 2.75) is 18.9 Å². The van der Waals surface area contributed by atoms with Crippen LogP contribution in [-0.4, -0.2) is 48.7 Å². The minimum absolute atomic E-state index is 0.0429. The van der Waals surface area contributed by atoms with Gasteiger partial charge >= 0.3 is 0 Å². The third-order valence-corrected chi connectivity index (χ3v) is 4.05. The first-order chi connectivity index (χ1) is 12.3. The molecule has 0 bridgehead atoms. The molecule has 1 aromatic heterocycles. The van der Waals surface area contributed by atoms with E-state index in [4.69, 9.17) is 9.47 Å². The van der Waals surface area contributed by atoms with Gasteiger partial charge in [0, 0.05) is 31.5 Å². The van der Waals surface area contributed by atoms with Crippen molar-refractivity contribution >= 4 is 11.9 Å². The average molecular weight is 342 g/mol. The van der Waals surface area contributed by atoms with E-state index in [0.717, 1.165) is 19.4 Å². The van der Waals surface area contributed by atoms with Gasteiger partial charge in [-0.1, -0.05) is 12.1 Å². The molecule has 1 aromatic carbocycles. The standard InChI is InChI=1S/C18H22N4O3/c1-24-15-7-2-3-8-16(15)25-13-17(23)21-14-6-4-11-22(12-14)18-19-9-5-10-20-18/h2-3,5,7-10,14H,4,6,11-13H2,1H3,(H,21,23)/t14-/m1/s1. The number of benzene rings is 1. The van der Waals surface area contributed by atoms with Gasteiger partial charge in [-0.2, -0.15) is 0 Å². The zero-order chi connectivity index (χ0) is 17.5. The molecule has 1 fully saturated rings. The smallest absolute Gasteiger partial charge is 0.258 e. The first-order valence-electron chi connectivity index (χ1n) is 8.33. The number of methoxy groups -OCH3 is 1. The Kier molecular flexibility index (Phi) is 5.66. The summed E-state index contributed by atoms with van der Waals surface area (Å²) in [6.45, 7) is 1.55. The maximum atomic E-state index is 12.2. The van der Waals surface area contributed by atoms with Gasteiger partial charge in [0.05, 0.1) is 7.11 Å². The van der Waals surface area contributed by atoms with Crippen LogP contribution in [0.1, 0.15) is 12.8 Å². The van der Waals surface area contributed by atoms with Gasteiger partial charge in [-0.15, -0.1) is 0 Å². The van der Waals surface area contributed by atoms with E-state index in [1.54, 1.807) is 37.7 Å². The summed E-state index contributed by atoms with van der Waals surface area (Å²) < 4.78 is 10.8. The van der Waals surface area contributed by atoms with E-state index in [9.17, 15) is 4.79 Å². The van der Waals surface area contributed by atoms with Crippen LogP contribution in [0.25, 0.3) is 0 Å². The number of aromatic nitrogens is 2. The lowest BCUT2D eigenvalue weighted by Gasteiger charge is -2.33. The molecule has 1 saturated heterocycles. The largest absolute Gasteiger partial charge is 0.493 e. The molecule has 7 heteroatoms. The van der Waals surface area contributed by atoms with Crippen molar-refractivity contribution in [3.8, 4) is 11.5 Å². The third kappa shape index (κ3) is 4.59. The highest BCUT2D eigenvalue weighted by Gasteiger charge is 2.23. The number of piperidine rings is 1. The fourth-order valence-corrected chi connectivity index (χ4v) is 2.88. The number of para-hydroxylation sites is 2. The van der Waals surface area contributed by atoms with Crippen molar-refractivity contribution in [3.63, 3.8) is 0 Å². The summed E-state index contributed by atoms with van der Waals surface area (Å²) in [6.07, 6.45) is 5.37. The number of anilines is 1. The van der Waals surface area contributed by atoms with Crippen LogP contribution in [0.15, 0.2) is 42.7 Å². The number of hydrogen-bond donors (Lipinski definition) is 1. The topological polar surface area (TPSA) is 76.6 Å². The summed E-state index contributed by atoms with van der Waals surface area (Å²) in [6, 6.07) is 9.13. The Bertz CT molecular complexity index is 696. The Labute approximate surface area is 147 Å². The highest BCUT2D eigenvalue weighted by molar-refractivity contribution is 5.78. The number of nitrogens with one attached hydrogen (secondary N) is 1. The third-order valence-electron chi connectivity index (χ3n) is 4.05. The fraction of sp³-hybridized carbons (Fsp3) is 0.389. The molecule has 0 saturated carbocycles. The molecule has 2 aromatic rings. The number of carbonyl (C=O) groups is 1. The molecular weight excluding hydrogens is 320 g/mol. The average Bonchev–Trinajstić information content (AvgIpc) is 2.67. The normalized spacial score (nSPS) is 17.0. The Hall–Kier alpha value is -2.83. The molecule has 1 atom stereocenters. The Morgan fingerprint density at radius 3 is 2.76 bits per heavy atom. The molecule has 0 aliphatic carbocycles. The number of amides is 1. The lowest BCUT2D eigenvalue weighted by Crippen LogP contribution is -2.49. The molecule has 0 unspecified atom stereocenters. The highest BCUT2D eigenvalue weighted by Crippen LogP contribution is 2.25. The van der Waals surface area contributed by atoms with Crippen LogP contribution in [0.5, 0.6) is 11.5 Å². The second-order valence-electron chi connectivity index (χ2n) is 5.84. The molecule has 0 spiro atoms. The van der Waals surface area contributed by atoms with Gasteiger partial charge in [0.15, 0.2) is 18.1 Å². The first kappa shape index (κ1) is 17.0. The Morgan fingerprint density at radius 1 is 1.24 bits per heavy atom. The van der Waals surface area contributed by atoms with Crippen molar-refractivity contribution < 1.29 is 14.3 Å². The van der Waals surface area contributed by atoms with Gasteiger partial charge in [-0.3, -0.25) is 4.79 Å². The van der Waals surface area contributed by atoms with E-state index in [0.29, 0.717) is 24.0 Å². The maximum Gasteiger partial charge on any atom is 0.258 e. The summed E-state index contributed by atoms with van der Waals surface area (Å²) in [4.78, 5) is 22.8. The summed E-state index contributed by atoms with van der Waals surface area (Å²) in [5.41, 5.74) is 0. The van der Waals surface area contributed by atoms with Crippen LogP contribution in [0.2, 0.25) is 0 Å². The molecule has 3 rings (SSSR count). The van der Waals surface area contributed by atoms with Gasteiger partial charge in [-0.05, 0) is 31.0 Å².